The van der Waals surface area contributed by atoms with Gasteiger partial charge in [0.1, 0.15) is 5.75 Å². The number of amides is 1. The van der Waals surface area contributed by atoms with Crippen LogP contribution in [-0.2, 0) is 7.05 Å². The van der Waals surface area contributed by atoms with E-state index in [1.807, 2.05) is 0 Å². The molecular formula is C18H21FN4O2. The molecule has 1 N–H and O–H groups in total. The number of nitrogens with zero attached hydrogens (tertiary/aromatic N) is 3. The molecule has 1 amide bonds. The summed E-state index contributed by atoms with van der Waals surface area (Å²) in [4.78, 5) is 12.1. The lowest BCUT2D eigenvalue weighted by atomic mass is 10.2. The highest BCUT2D eigenvalue weighted by atomic mass is 19.1. The fraction of sp³-hybridized carbons (Fsp3) is 0.389. The van der Waals surface area contributed by atoms with Gasteiger partial charge in [-0.2, -0.15) is 14.6 Å². The molecule has 1 fully saturated rings. The Morgan fingerprint density at radius 2 is 2.04 bits per heavy atom. The van der Waals surface area contributed by atoms with E-state index in [2.05, 4.69) is 15.6 Å². The van der Waals surface area contributed by atoms with Crippen LogP contribution >= 0.6 is 0 Å². The van der Waals surface area contributed by atoms with Gasteiger partial charge >= 0.3 is 0 Å². The van der Waals surface area contributed by atoms with Crippen LogP contribution in [-0.4, -0.2) is 28.0 Å². The predicted octanol–water partition coefficient (Wildman–Crippen LogP) is 2.95. The van der Waals surface area contributed by atoms with Gasteiger partial charge in [-0.15, -0.1) is 0 Å². The fourth-order valence-corrected chi connectivity index (χ4v) is 2.90. The zero-order chi connectivity index (χ0) is 17.8. The molecule has 3 rings (SSSR count). The molecule has 132 valence electrons. The second-order valence-corrected chi connectivity index (χ2v) is 6.16. The van der Waals surface area contributed by atoms with E-state index in [0.717, 1.165) is 23.3 Å². The van der Waals surface area contributed by atoms with Crippen LogP contribution in [0, 0.1) is 12.9 Å². The van der Waals surface area contributed by atoms with Gasteiger partial charge in [-0.25, -0.2) is 10.1 Å². The van der Waals surface area contributed by atoms with Crippen molar-refractivity contribution in [3.8, 4) is 5.75 Å². The fourth-order valence-electron chi connectivity index (χ4n) is 2.90. The van der Waals surface area contributed by atoms with Crippen LogP contribution in [0.5, 0.6) is 5.75 Å². The first-order valence-corrected chi connectivity index (χ1v) is 8.34. The smallest absolute Gasteiger partial charge is 0.271 e. The van der Waals surface area contributed by atoms with E-state index in [1.54, 1.807) is 31.2 Å². The maximum atomic E-state index is 13.8. The number of hydrogen-bond acceptors (Lipinski definition) is 4. The van der Waals surface area contributed by atoms with Crippen molar-refractivity contribution in [2.45, 2.75) is 38.7 Å². The molecule has 0 spiro atoms. The van der Waals surface area contributed by atoms with Crippen molar-refractivity contribution in [3.05, 3.63) is 47.0 Å². The van der Waals surface area contributed by atoms with Gasteiger partial charge in [0.05, 0.1) is 23.6 Å². The van der Waals surface area contributed by atoms with Crippen LogP contribution in [0.4, 0.5) is 4.39 Å². The lowest BCUT2D eigenvalue weighted by Gasteiger charge is -2.12. The Bertz CT molecular complexity index is 777. The molecule has 1 saturated carbocycles. The molecule has 25 heavy (non-hydrogen) atoms. The molecule has 1 heterocycles. The van der Waals surface area contributed by atoms with Crippen LogP contribution in [0.1, 0.15) is 47.3 Å². The highest BCUT2D eigenvalue weighted by Gasteiger charge is 2.16. The van der Waals surface area contributed by atoms with Crippen LogP contribution in [0.3, 0.4) is 0 Å². The third-order valence-corrected chi connectivity index (χ3v) is 4.28. The Kier molecular flexibility index (Phi) is 5.11. The van der Waals surface area contributed by atoms with Crippen molar-refractivity contribution in [1.29, 1.82) is 0 Å². The minimum Gasteiger partial charge on any atom is -0.490 e. The number of hydrazone groups is 1. The van der Waals surface area contributed by atoms with E-state index in [-0.39, 0.29) is 17.6 Å². The number of carbonyl (C=O) groups is 1. The average molecular weight is 344 g/mol. The molecule has 0 bridgehead atoms. The standard InChI is InChI=1S/C18H21FN4O2/c1-12-16(17(19)23(2)22-12)11-20-21-18(24)13-7-9-15(10-8-13)25-14-5-3-4-6-14/h7-11,14H,3-6H2,1-2H3,(H,21,24). The maximum absolute atomic E-state index is 13.8. The average Bonchev–Trinajstić information content (AvgIpc) is 3.19. The summed E-state index contributed by atoms with van der Waals surface area (Å²) in [5.41, 5.74) is 3.61. The summed E-state index contributed by atoms with van der Waals surface area (Å²) in [6.07, 6.45) is 6.12. The summed E-state index contributed by atoms with van der Waals surface area (Å²) in [6.45, 7) is 1.68. The van der Waals surface area contributed by atoms with Crippen molar-refractivity contribution in [1.82, 2.24) is 15.2 Å². The molecular weight excluding hydrogens is 323 g/mol. The molecule has 1 aromatic carbocycles. The Hall–Kier alpha value is -2.70. The quantitative estimate of drug-likeness (QED) is 0.670. The normalized spacial score (nSPS) is 15.0. The van der Waals surface area contributed by atoms with Crippen LogP contribution < -0.4 is 10.2 Å². The van der Waals surface area contributed by atoms with E-state index in [9.17, 15) is 9.18 Å². The molecule has 0 radical (unpaired) electrons. The summed E-state index contributed by atoms with van der Waals surface area (Å²) in [7, 11) is 1.51. The summed E-state index contributed by atoms with van der Waals surface area (Å²) in [5, 5.41) is 7.75. The molecule has 0 saturated heterocycles. The van der Waals surface area contributed by atoms with Crippen molar-refractivity contribution in [2.24, 2.45) is 12.1 Å². The van der Waals surface area contributed by atoms with Crippen molar-refractivity contribution >= 4 is 12.1 Å². The first-order chi connectivity index (χ1) is 12.0. The molecule has 0 aliphatic heterocycles. The zero-order valence-electron chi connectivity index (χ0n) is 14.3. The Balaban J connectivity index is 1.58. The number of halogens is 1. The number of aryl methyl sites for hydroxylation is 2. The first kappa shape index (κ1) is 17.1. The van der Waals surface area contributed by atoms with E-state index >= 15 is 0 Å². The van der Waals surface area contributed by atoms with Gasteiger partial charge in [0.25, 0.3) is 5.91 Å². The van der Waals surface area contributed by atoms with Gasteiger partial charge in [-0.05, 0) is 56.9 Å². The lowest BCUT2D eigenvalue weighted by molar-refractivity contribution is 0.0955. The second kappa shape index (κ2) is 7.46. The zero-order valence-corrected chi connectivity index (χ0v) is 14.3. The largest absolute Gasteiger partial charge is 0.490 e. The van der Waals surface area contributed by atoms with E-state index in [4.69, 9.17) is 4.74 Å². The third-order valence-electron chi connectivity index (χ3n) is 4.28. The molecule has 2 aromatic rings. The van der Waals surface area contributed by atoms with Crippen molar-refractivity contribution in [3.63, 3.8) is 0 Å². The minimum atomic E-state index is -0.496. The van der Waals surface area contributed by atoms with Crippen molar-refractivity contribution in [2.75, 3.05) is 0 Å². The molecule has 0 unspecified atom stereocenters. The second-order valence-electron chi connectivity index (χ2n) is 6.16. The van der Waals surface area contributed by atoms with Gasteiger partial charge in [0, 0.05) is 12.6 Å². The number of carbonyl (C=O) groups excluding carboxylic acids is 1. The van der Waals surface area contributed by atoms with Gasteiger partial charge in [0.2, 0.25) is 5.95 Å². The SMILES string of the molecule is Cc1nn(C)c(F)c1C=NNC(=O)c1ccc(OC2CCCC2)cc1. The molecule has 7 heteroatoms. The van der Waals surface area contributed by atoms with Gasteiger partial charge in [-0.1, -0.05) is 0 Å². The lowest BCUT2D eigenvalue weighted by Crippen LogP contribution is -2.18. The monoisotopic (exact) mass is 344 g/mol. The van der Waals surface area contributed by atoms with Gasteiger partial charge < -0.3 is 4.74 Å². The Morgan fingerprint density at radius 3 is 2.64 bits per heavy atom. The molecule has 0 atom stereocenters. The van der Waals surface area contributed by atoms with Gasteiger partial charge in [0.15, 0.2) is 0 Å². The third kappa shape index (κ3) is 4.04. The molecule has 1 aliphatic rings. The number of benzene rings is 1. The predicted molar refractivity (Wildman–Crippen MR) is 92.3 cm³/mol. The summed E-state index contributed by atoms with van der Waals surface area (Å²) < 4.78 is 20.8. The number of rotatable bonds is 5. The van der Waals surface area contributed by atoms with E-state index < -0.39 is 5.95 Å². The number of hydrogen-bond donors (Lipinski definition) is 1. The van der Waals surface area contributed by atoms with Crippen molar-refractivity contribution < 1.29 is 13.9 Å². The molecule has 6 nitrogen and oxygen atoms in total. The molecule has 1 aliphatic carbocycles. The van der Waals surface area contributed by atoms with Crippen LogP contribution in [0.2, 0.25) is 0 Å². The Morgan fingerprint density at radius 1 is 1.36 bits per heavy atom. The summed E-state index contributed by atoms with van der Waals surface area (Å²) in [6, 6.07) is 6.93. The summed E-state index contributed by atoms with van der Waals surface area (Å²) in [5.74, 6) is -0.102. The Labute approximate surface area is 145 Å². The minimum absolute atomic E-state index is 0.253. The highest BCUT2D eigenvalue weighted by molar-refractivity contribution is 5.95. The number of aromatic nitrogens is 2. The summed E-state index contributed by atoms with van der Waals surface area (Å²) >= 11 is 0. The van der Waals surface area contributed by atoms with Crippen LogP contribution in [0.15, 0.2) is 29.4 Å². The highest BCUT2D eigenvalue weighted by Crippen LogP contribution is 2.24. The molecule has 1 aromatic heterocycles. The topological polar surface area (TPSA) is 68.5 Å². The number of nitrogens with one attached hydrogen (secondary N) is 1. The number of ether oxygens (including phenoxy) is 1. The maximum Gasteiger partial charge on any atom is 0.271 e. The van der Waals surface area contributed by atoms with Crippen LogP contribution in [0.25, 0.3) is 0 Å². The van der Waals surface area contributed by atoms with Gasteiger partial charge in [-0.3, -0.25) is 4.79 Å². The van der Waals surface area contributed by atoms with E-state index in [0.29, 0.717) is 11.3 Å². The first-order valence-electron chi connectivity index (χ1n) is 8.34. The van der Waals surface area contributed by atoms with E-state index in [1.165, 1.54) is 26.1 Å².